The smallest absolute Gasteiger partial charge is 0.459 e. The van der Waals surface area contributed by atoms with Gasteiger partial charge in [-0.1, -0.05) is 18.2 Å². The van der Waals surface area contributed by atoms with E-state index in [9.17, 15) is 24.4 Å². The number of nitrogens with one attached hydrogen (secondary N) is 1. The van der Waals surface area contributed by atoms with Crippen molar-refractivity contribution in [3.63, 3.8) is 0 Å². The van der Waals surface area contributed by atoms with E-state index in [1.54, 1.807) is 32.0 Å². The Morgan fingerprint density at radius 3 is 2.59 bits per heavy atom. The van der Waals surface area contributed by atoms with Crippen LogP contribution in [0.2, 0.25) is 0 Å². The van der Waals surface area contributed by atoms with Crippen molar-refractivity contribution in [1.82, 2.24) is 24.6 Å². The molecule has 1 aromatic carbocycles. The number of carbonyl (C=O) groups excluding carboxylic acids is 2. The first-order valence-corrected chi connectivity index (χ1v) is 15.3. The molecule has 0 bridgehead atoms. The summed E-state index contributed by atoms with van der Waals surface area (Å²) < 4.78 is 42.6. The Bertz CT molecular complexity index is 1530. The number of aryl methyl sites for hydroxylation is 1. The molecule has 4 rings (SSSR count). The number of imidazole rings is 1. The van der Waals surface area contributed by atoms with Gasteiger partial charge in [-0.25, -0.2) is 14.6 Å². The average molecular weight is 638 g/mol. The van der Waals surface area contributed by atoms with Crippen LogP contribution < -0.4 is 21.1 Å². The Morgan fingerprint density at radius 1 is 1.16 bits per heavy atom. The molecule has 17 nitrogen and oxygen atoms in total. The highest BCUT2D eigenvalue weighted by molar-refractivity contribution is 7.52. The van der Waals surface area contributed by atoms with Crippen molar-refractivity contribution in [2.75, 3.05) is 37.8 Å². The largest absolute Gasteiger partial charge is 0.466 e. The third-order valence-electron chi connectivity index (χ3n) is 6.70. The standard InChI is InChI=1S/C26H36N7O10P/c1-4-39-18(34)11-10-15-8-6-7-9-16(15)43-44(38,30-12-19(35)40-5-2)41-13-17-21(36)26(3,37)24(42-17)33-14-29-20-22(27)31-25(28)32-23(20)33/h6-9,14,17,21,24,36-37H,4-5,10-13H2,1-3H3,(H,30,38)(H4,27,28,31,32)/t17-,21?,24-,26?,44?/m1/s1. The molecule has 0 aliphatic carbocycles. The summed E-state index contributed by atoms with van der Waals surface area (Å²) in [6.07, 6.45) is -2.51. The van der Waals surface area contributed by atoms with Crippen LogP contribution in [-0.4, -0.2) is 85.8 Å². The number of benzene rings is 1. The van der Waals surface area contributed by atoms with Gasteiger partial charge in [0.05, 0.1) is 26.1 Å². The van der Waals surface area contributed by atoms with Gasteiger partial charge in [-0.15, -0.1) is 0 Å². The molecule has 0 saturated carbocycles. The normalized spacial score (nSPS) is 22.9. The van der Waals surface area contributed by atoms with Crippen LogP contribution in [0.25, 0.3) is 11.2 Å². The minimum absolute atomic E-state index is 0.0117. The number of aliphatic hydroxyl groups is 2. The maximum atomic E-state index is 14.0. The molecule has 240 valence electrons. The zero-order valence-electron chi connectivity index (χ0n) is 24.4. The van der Waals surface area contributed by atoms with Gasteiger partial charge in [0.25, 0.3) is 0 Å². The molecule has 44 heavy (non-hydrogen) atoms. The Hall–Kier alpha value is -3.86. The van der Waals surface area contributed by atoms with Crippen molar-refractivity contribution >= 4 is 42.6 Å². The average Bonchev–Trinajstić information content (AvgIpc) is 3.48. The van der Waals surface area contributed by atoms with Crippen LogP contribution in [-0.2, 0) is 39.3 Å². The summed E-state index contributed by atoms with van der Waals surface area (Å²) in [5, 5.41) is 24.7. The Kier molecular flexibility index (Phi) is 10.4. The molecule has 3 unspecified atom stereocenters. The van der Waals surface area contributed by atoms with Gasteiger partial charge in [0.15, 0.2) is 17.7 Å². The highest BCUT2D eigenvalue weighted by Gasteiger charge is 2.54. The van der Waals surface area contributed by atoms with Gasteiger partial charge in [0, 0.05) is 6.42 Å². The third-order valence-corrected chi connectivity index (χ3v) is 8.17. The van der Waals surface area contributed by atoms with Gasteiger partial charge in [-0.2, -0.15) is 9.97 Å². The molecule has 3 heterocycles. The summed E-state index contributed by atoms with van der Waals surface area (Å²) in [5.74, 6) is -1.14. The molecular weight excluding hydrogens is 601 g/mol. The van der Waals surface area contributed by atoms with Crippen LogP contribution in [0.5, 0.6) is 5.75 Å². The monoisotopic (exact) mass is 637 g/mol. The van der Waals surface area contributed by atoms with E-state index in [-0.39, 0.29) is 54.7 Å². The van der Waals surface area contributed by atoms with E-state index in [0.29, 0.717) is 5.56 Å². The molecule has 18 heteroatoms. The highest BCUT2D eigenvalue weighted by atomic mass is 31.2. The molecule has 1 saturated heterocycles. The number of para-hydroxylation sites is 1. The van der Waals surface area contributed by atoms with Gasteiger partial charge in [-0.3, -0.25) is 18.7 Å². The van der Waals surface area contributed by atoms with Gasteiger partial charge in [-0.05, 0) is 38.8 Å². The fourth-order valence-corrected chi connectivity index (χ4v) is 5.86. The number of hydrogen-bond donors (Lipinski definition) is 5. The lowest BCUT2D eigenvalue weighted by Crippen LogP contribution is -2.44. The van der Waals surface area contributed by atoms with Crippen LogP contribution in [0.15, 0.2) is 30.6 Å². The molecule has 3 aromatic rings. The SMILES string of the molecule is CCOC(=O)CCc1ccccc1OP(=O)(NCC(=O)OCC)OC[C@H]1O[C@@H](n2cnc3c(N)nc(N)nc32)C(C)(O)C1O. The zero-order valence-corrected chi connectivity index (χ0v) is 25.3. The lowest BCUT2D eigenvalue weighted by Gasteiger charge is -2.27. The number of aromatic nitrogens is 4. The molecule has 0 spiro atoms. The second kappa shape index (κ2) is 13.8. The lowest BCUT2D eigenvalue weighted by atomic mass is 9.96. The van der Waals surface area contributed by atoms with Crippen LogP contribution in [0.3, 0.4) is 0 Å². The van der Waals surface area contributed by atoms with Crippen molar-refractivity contribution in [1.29, 1.82) is 0 Å². The van der Waals surface area contributed by atoms with E-state index in [0.717, 1.165) is 0 Å². The number of nitrogen functional groups attached to an aromatic ring is 2. The Balaban J connectivity index is 1.55. The second-order valence-electron chi connectivity index (χ2n) is 9.93. The van der Waals surface area contributed by atoms with Crippen LogP contribution in [0.4, 0.5) is 11.8 Å². The van der Waals surface area contributed by atoms with E-state index in [1.165, 1.54) is 23.9 Å². The predicted octanol–water partition coefficient (Wildman–Crippen LogP) is 0.852. The van der Waals surface area contributed by atoms with E-state index in [1.807, 2.05) is 0 Å². The zero-order chi connectivity index (χ0) is 32.1. The number of esters is 2. The van der Waals surface area contributed by atoms with Crippen LogP contribution in [0.1, 0.15) is 39.0 Å². The quantitative estimate of drug-likeness (QED) is 0.121. The van der Waals surface area contributed by atoms with Crippen LogP contribution >= 0.6 is 7.75 Å². The number of fused-ring (bicyclic) bond motifs is 1. The number of aliphatic hydroxyl groups excluding tert-OH is 1. The van der Waals surface area contributed by atoms with Gasteiger partial charge >= 0.3 is 19.7 Å². The lowest BCUT2D eigenvalue weighted by molar-refractivity contribution is -0.143. The first kappa shape index (κ1) is 33.0. The number of ether oxygens (including phenoxy) is 3. The maximum absolute atomic E-state index is 14.0. The Morgan fingerprint density at radius 2 is 1.86 bits per heavy atom. The Labute approximate surface area is 252 Å². The summed E-state index contributed by atoms with van der Waals surface area (Å²) in [6, 6.07) is 6.53. The summed E-state index contributed by atoms with van der Waals surface area (Å²) >= 11 is 0. The minimum atomic E-state index is -4.37. The minimum Gasteiger partial charge on any atom is -0.466 e. The fraction of sp³-hybridized carbons (Fsp3) is 0.500. The summed E-state index contributed by atoms with van der Waals surface area (Å²) in [5.41, 5.74) is 10.6. The molecule has 0 radical (unpaired) electrons. The highest BCUT2D eigenvalue weighted by Crippen LogP contribution is 2.47. The number of anilines is 2. The molecule has 1 fully saturated rings. The van der Waals surface area contributed by atoms with Crippen LogP contribution in [0, 0.1) is 0 Å². The van der Waals surface area contributed by atoms with Gasteiger partial charge < -0.3 is 40.4 Å². The molecule has 1 aliphatic rings. The summed E-state index contributed by atoms with van der Waals surface area (Å²) in [7, 11) is -4.37. The molecule has 2 aromatic heterocycles. The topological polar surface area (TPSA) is 245 Å². The van der Waals surface area contributed by atoms with Crippen molar-refractivity contribution in [3.05, 3.63) is 36.2 Å². The van der Waals surface area contributed by atoms with E-state index in [4.69, 9.17) is 34.7 Å². The summed E-state index contributed by atoms with van der Waals surface area (Å²) in [6.45, 7) is 3.87. The second-order valence-corrected chi connectivity index (χ2v) is 11.7. The van der Waals surface area contributed by atoms with Crippen molar-refractivity contribution in [3.8, 4) is 5.75 Å². The van der Waals surface area contributed by atoms with E-state index < -0.39 is 56.9 Å². The van der Waals surface area contributed by atoms with Crippen molar-refractivity contribution < 1.29 is 47.6 Å². The molecule has 1 aliphatic heterocycles. The number of nitrogens with zero attached hydrogens (tertiary/aromatic N) is 4. The fourth-order valence-electron chi connectivity index (χ4n) is 4.55. The molecule has 0 amide bonds. The maximum Gasteiger partial charge on any atom is 0.459 e. The first-order valence-electron chi connectivity index (χ1n) is 13.8. The molecule has 5 atom stereocenters. The van der Waals surface area contributed by atoms with Crippen molar-refractivity contribution in [2.24, 2.45) is 0 Å². The molecular formula is C26H36N7O10P. The number of rotatable bonds is 14. The number of hydrogen-bond acceptors (Lipinski definition) is 15. The van der Waals surface area contributed by atoms with E-state index in [2.05, 4.69) is 20.0 Å². The van der Waals surface area contributed by atoms with Gasteiger partial charge in [0.1, 0.15) is 35.6 Å². The van der Waals surface area contributed by atoms with E-state index >= 15 is 0 Å². The third kappa shape index (κ3) is 7.43. The molecule has 7 N–H and O–H groups in total. The predicted molar refractivity (Wildman–Crippen MR) is 155 cm³/mol. The number of carbonyl (C=O) groups is 2. The first-order chi connectivity index (χ1) is 20.9. The van der Waals surface area contributed by atoms with Gasteiger partial charge in [0.2, 0.25) is 5.95 Å². The van der Waals surface area contributed by atoms with Crippen molar-refractivity contribution in [2.45, 2.75) is 57.6 Å². The number of nitrogens with two attached hydrogens (primary N) is 2. The summed E-state index contributed by atoms with van der Waals surface area (Å²) in [4.78, 5) is 36.1.